The highest BCUT2D eigenvalue weighted by molar-refractivity contribution is 5.74. The molecule has 1 aliphatic rings. The Bertz CT molecular complexity index is 416. The molecule has 2 rings (SSSR count). The minimum absolute atomic E-state index is 0.0733. The van der Waals surface area contributed by atoms with Crippen LogP contribution < -0.4 is 16.4 Å². The number of carbonyl (C=O) groups is 1. The third-order valence-corrected chi connectivity index (χ3v) is 3.02. The Morgan fingerprint density at radius 1 is 1.56 bits per heavy atom. The van der Waals surface area contributed by atoms with Gasteiger partial charge in [0, 0.05) is 12.3 Å². The van der Waals surface area contributed by atoms with Crippen LogP contribution in [0.1, 0.15) is 24.9 Å². The van der Waals surface area contributed by atoms with E-state index in [-0.39, 0.29) is 18.1 Å². The number of carbonyl (C=O) groups excluding carboxylic acids is 1. The lowest BCUT2D eigenvalue weighted by molar-refractivity contribution is 0.188. The SMILES string of the molecule is CC(NC(=O)NC1CCOC1)c1cccc(N)c1. The molecule has 4 N–H and O–H groups in total. The summed E-state index contributed by atoms with van der Waals surface area (Å²) in [5.74, 6) is 0. The van der Waals surface area contributed by atoms with E-state index in [0.717, 1.165) is 18.6 Å². The summed E-state index contributed by atoms with van der Waals surface area (Å²) in [4.78, 5) is 11.8. The highest BCUT2D eigenvalue weighted by atomic mass is 16.5. The number of rotatable bonds is 3. The monoisotopic (exact) mass is 249 g/mol. The number of nitrogens with one attached hydrogen (secondary N) is 2. The maximum Gasteiger partial charge on any atom is 0.315 e. The summed E-state index contributed by atoms with van der Waals surface area (Å²) in [5.41, 5.74) is 7.41. The van der Waals surface area contributed by atoms with Crippen LogP contribution in [0, 0.1) is 0 Å². The van der Waals surface area contributed by atoms with Crippen LogP contribution in [0.15, 0.2) is 24.3 Å². The molecule has 1 aliphatic heterocycles. The topological polar surface area (TPSA) is 76.4 Å². The first-order valence-electron chi connectivity index (χ1n) is 6.15. The normalized spacial score (nSPS) is 20.4. The molecule has 1 saturated heterocycles. The van der Waals surface area contributed by atoms with Gasteiger partial charge in [-0.2, -0.15) is 0 Å². The summed E-state index contributed by atoms with van der Waals surface area (Å²) >= 11 is 0. The third-order valence-electron chi connectivity index (χ3n) is 3.02. The molecule has 1 fully saturated rings. The first-order valence-corrected chi connectivity index (χ1v) is 6.15. The molecule has 2 atom stereocenters. The van der Waals surface area contributed by atoms with Crippen molar-refractivity contribution < 1.29 is 9.53 Å². The van der Waals surface area contributed by atoms with Gasteiger partial charge in [-0.15, -0.1) is 0 Å². The van der Waals surface area contributed by atoms with Gasteiger partial charge in [0.1, 0.15) is 0 Å². The highest BCUT2D eigenvalue weighted by Gasteiger charge is 2.18. The third kappa shape index (κ3) is 3.37. The van der Waals surface area contributed by atoms with Gasteiger partial charge in [0.15, 0.2) is 0 Å². The lowest BCUT2D eigenvalue weighted by Gasteiger charge is -2.17. The second-order valence-corrected chi connectivity index (χ2v) is 4.57. The zero-order valence-electron chi connectivity index (χ0n) is 10.5. The van der Waals surface area contributed by atoms with Crippen molar-refractivity contribution in [3.63, 3.8) is 0 Å². The molecule has 0 aliphatic carbocycles. The summed E-state index contributed by atoms with van der Waals surface area (Å²) in [6.07, 6.45) is 0.875. The van der Waals surface area contributed by atoms with Gasteiger partial charge in [-0.1, -0.05) is 12.1 Å². The number of hydrogen-bond acceptors (Lipinski definition) is 3. The number of hydrogen-bond donors (Lipinski definition) is 3. The second kappa shape index (κ2) is 5.73. The molecular weight excluding hydrogens is 230 g/mol. The second-order valence-electron chi connectivity index (χ2n) is 4.57. The van der Waals surface area contributed by atoms with Crippen LogP contribution in [-0.2, 0) is 4.74 Å². The first-order chi connectivity index (χ1) is 8.65. The quantitative estimate of drug-likeness (QED) is 0.709. The number of nitrogen functional groups attached to an aromatic ring is 1. The van der Waals surface area contributed by atoms with Crippen molar-refractivity contribution in [1.29, 1.82) is 0 Å². The Hall–Kier alpha value is -1.75. The Morgan fingerprint density at radius 3 is 3.06 bits per heavy atom. The van der Waals surface area contributed by atoms with Crippen LogP contribution in [0.2, 0.25) is 0 Å². The van der Waals surface area contributed by atoms with Crippen LogP contribution in [0.3, 0.4) is 0 Å². The largest absolute Gasteiger partial charge is 0.399 e. The Kier molecular flexibility index (Phi) is 4.04. The smallest absolute Gasteiger partial charge is 0.315 e. The van der Waals surface area contributed by atoms with E-state index >= 15 is 0 Å². The standard InChI is InChI=1S/C13H19N3O2/c1-9(10-3-2-4-11(14)7-10)15-13(17)16-12-5-6-18-8-12/h2-4,7,9,12H,5-6,8,14H2,1H3,(H2,15,16,17). The molecular formula is C13H19N3O2. The predicted octanol–water partition coefficient (Wildman–Crippen LogP) is 1.42. The van der Waals surface area contributed by atoms with Crippen molar-refractivity contribution in [1.82, 2.24) is 10.6 Å². The van der Waals surface area contributed by atoms with Crippen molar-refractivity contribution >= 4 is 11.7 Å². The maximum absolute atomic E-state index is 11.8. The van der Waals surface area contributed by atoms with E-state index in [1.165, 1.54) is 0 Å². The zero-order valence-corrected chi connectivity index (χ0v) is 10.5. The molecule has 0 aromatic heterocycles. The fraction of sp³-hybridized carbons (Fsp3) is 0.462. The van der Waals surface area contributed by atoms with E-state index in [2.05, 4.69) is 10.6 Å². The highest BCUT2D eigenvalue weighted by Crippen LogP contribution is 2.15. The van der Waals surface area contributed by atoms with Gasteiger partial charge in [-0.3, -0.25) is 0 Å². The summed E-state index contributed by atoms with van der Waals surface area (Å²) in [6, 6.07) is 7.40. The molecule has 0 bridgehead atoms. The van der Waals surface area contributed by atoms with E-state index in [1.807, 2.05) is 31.2 Å². The molecule has 0 spiro atoms. The van der Waals surface area contributed by atoms with Crippen molar-refractivity contribution in [3.8, 4) is 0 Å². The summed E-state index contributed by atoms with van der Waals surface area (Å²) in [5, 5.41) is 5.78. The van der Waals surface area contributed by atoms with Crippen LogP contribution in [0.4, 0.5) is 10.5 Å². The Labute approximate surface area is 107 Å². The van der Waals surface area contributed by atoms with Crippen LogP contribution in [0.25, 0.3) is 0 Å². The van der Waals surface area contributed by atoms with Crippen molar-refractivity contribution in [2.24, 2.45) is 0 Å². The molecule has 18 heavy (non-hydrogen) atoms. The van der Waals surface area contributed by atoms with E-state index in [0.29, 0.717) is 12.3 Å². The molecule has 0 saturated carbocycles. The molecule has 1 heterocycles. The fourth-order valence-corrected chi connectivity index (χ4v) is 1.98. The lowest BCUT2D eigenvalue weighted by atomic mass is 10.1. The first kappa shape index (κ1) is 12.7. The number of benzene rings is 1. The summed E-state index contributed by atoms with van der Waals surface area (Å²) < 4.78 is 5.20. The number of urea groups is 1. The van der Waals surface area contributed by atoms with Gasteiger partial charge in [0.25, 0.3) is 0 Å². The Morgan fingerprint density at radius 2 is 2.39 bits per heavy atom. The molecule has 2 unspecified atom stereocenters. The van der Waals surface area contributed by atoms with Gasteiger partial charge in [-0.05, 0) is 31.0 Å². The van der Waals surface area contributed by atoms with Crippen molar-refractivity contribution in [2.45, 2.75) is 25.4 Å². The molecule has 1 aromatic carbocycles. The summed E-state index contributed by atoms with van der Waals surface area (Å²) in [6.45, 7) is 3.25. The van der Waals surface area contributed by atoms with Crippen molar-refractivity contribution in [3.05, 3.63) is 29.8 Å². The predicted molar refractivity (Wildman–Crippen MR) is 70.2 cm³/mol. The van der Waals surface area contributed by atoms with E-state index in [1.54, 1.807) is 0 Å². The number of anilines is 1. The minimum Gasteiger partial charge on any atom is -0.399 e. The van der Waals surface area contributed by atoms with E-state index in [4.69, 9.17) is 10.5 Å². The average Bonchev–Trinajstić information content (AvgIpc) is 2.81. The number of ether oxygens (including phenoxy) is 1. The molecule has 98 valence electrons. The van der Waals surface area contributed by atoms with Crippen LogP contribution >= 0.6 is 0 Å². The summed E-state index contributed by atoms with van der Waals surface area (Å²) in [7, 11) is 0. The average molecular weight is 249 g/mol. The molecule has 2 amide bonds. The van der Waals surface area contributed by atoms with Gasteiger partial charge in [-0.25, -0.2) is 4.79 Å². The number of amides is 2. The molecule has 5 nitrogen and oxygen atoms in total. The van der Waals surface area contributed by atoms with Gasteiger partial charge in [0.05, 0.1) is 18.7 Å². The van der Waals surface area contributed by atoms with Gasteiger partial charge < -0.3 is 21.1 Å². The fourth-order valence-electron chi connectivity index (χ4n) is 1.98. The zero-order chi connectivity index (χ0) is 13.0. The van der Waals surface area contributed by atoms with Gasteiger partial charge >= 0.3 is 6.03 Å². The van der Waals surface area contributed by atoms with E-state index in [9.17, 15) is 4.79 Å². The molecule has 5 heteroatoms. The minimum atomic E-state index is -0.166. The Balaban J connectivity index is 1.86. The van der Waals surface area contributed by atoms with Gasteiger partial charge in [0.2, 0.25) is 0 Å². The van der Waals surface area contributed by atoms with Crippen molar-refractivity contribution in [2.75, 3.05) is 18.9 Å². The molecule has 1 aromatic rings. The van der Waals surface area contributed by atoms with Crippen LogP contribution in [0.5, 0.6) is 0 Å². The maximum atomic E-state index is 11.8. The number of nitrogens with two attached hydrogens (primary N) is 1. The van der Waals surface area contributed by atoms with Crippen LogP contribution in [-0.4, -0.2) is 25.3 Å². The van der Waals surface area contributed by atoms with E-state index < -0.39 is 0 Å². The lowest BCUT2D eigenvalue weighted by Crippen LogP contribution is -2.43. The molecule has 0 radical (unpaired) electrons.